The van der Waals surface area contributed by atoms with Gasteiger partial charge in [-0.25, -0.2) is 0 Å². The Bertz CT molecular complexity index is 385. The molecule has 0 bridgehead atoms. The Balaban J connectivity index is 0.00000289. The second-order valence-corrected chi connectivity index (χ2v) is 4.24. The number of aryl methyl sites for hydroxylation is 1. The molecule has 0 aliphatic heterocycles. The Morgan fingerprint density at radius 2 is 1.83 bits per heavy atom. The molecule has 0 amide bonds. The van der Waals surface area contributed by atoms with Crippen molar-refractivity contribution in [1.29, 1.82) is 0 Å². The maximum absolute atomic E-state index is 12.6. The molecular formula is C11H16BF3KNO. The van der Waals surface area contributed by atoms with Crippen LogP contribution in [0, 0.1) is 6.92 Å². The SMILES string of the molecule is Cc1cc(OCCN(C)C)ccc1[B-](F)(F)F.[K+]. The predicted molar refractivity (Wildman–Crippen MR) is 63.9 cm³/mol. The Morgan fingerprint density at radius 3 is 2.28 bits per heavy atom. The van der Waals surface area contributed by atoms with Crippen molar-refractivity contribution in [3.05, 3.63) is 23.8 Å². The smallest absolute Gasteiger partial charge is 0.492 e. The molecule has 0 aliphatic rings. The van der Waals surface area contributed by atoms with Gasteiger partial charge in [-0.05, 0) is 33.2 Å². The van der Waals surface area contributed by atoms with Crippen molar-refractivity contribution >= 4 is 12.4 Å². The van der Waals surface area contributed by atoms with E-state index in [1.54, 1.807) is 0 Å². The quantitative estimate of drug-likeness (QED) is 0.643. The summed E-state index contributed by atoms with van der Waals surface area (Å²) in [5, 5.41) is 0. The topological polar surface area (TPSA) is 12.5 Å². The molecule has 0 N–H and O–H groups in total. The Morgan fingerprint density at radius 1 is 1.22 bits per heavy atom. The molecule has 0 aromatic heterocycles. The maximum Gasteiger partial charge on any atom is 1.00 e. The van der Waals surface area contributed by atoms with E-state index < -0.39 is 12.4 Å². The predicted octanol–water partition coefficient (Wildman–Crippen LogP) is -1.01. The maximum atomic E-state index is 12.6. The van der Waals surface area contributed by atoms with E-state index >= 15 is 0 Å². The minimum Gasteiger partial charge on any atom is -0.492 e. The van der Waals surface area contributed by atoms with Crippen molar-refractivity contribution < 1.29 is 69.1 Å². The first-order valence-electron chi connectivity index (χ1n) is 5.38. The first-order chi connectivity index (χ1) is 7.80. The molecule has 0 unspecified atom stereocenters. The number of rotatable bonds is 5. The van der Waals surface area contributed by atoms with Gasteiger partial charge in [0, 0.05) is 6.54 Å². The summed E-state index contributed by atoms with van der Waals surface area (Å²) >= 11 is 0. The fraction of sp³-hybridized carbons (Fsp3) is 0.455. The van der Waals surface area contributed by atoms with Crippen LogP contribution in [0.15, 0.2) is 18.2 Å². The van der Waals surface area contributed by atoms with Gasteiger partial charge in [-0.3, -0.25) is 0 Å². The summed E-state index contributed by atoms with van der Waals surface area (Å²) in [5.74, 6) is 0.480. The largest absolute Gasteiger partial charge is 1.00 e. The first kappa shape index (κ1) is 18.5. The minimum atomic E-state index is -4.94. The Kier molecular flexibility index (Phi) is 8.12. The summed E-state index contributed by atoms with van der Waals surface area (Å²) in [6, 6.07) is 3.88. The van der Waals surface area contributed by atoms with Crippen molar-refractivity contribution in [3.8, 4) is 5.75 Å². The molecule has 0 aliphatic carbocycles. The zero-order valence-corrected chi connectivity index (χ0v) is 14.3. The van der Waals surface area contributed by atoms with Crippen LogP contribution < -0.4 is 61.6 Å². The van der Waals surface area contributed by atoms with E-state index in [9.17, 15) is 12.9 Å². The number of halogens is 3. The van der Waals surface area contributed by atoms with Crippen molar-refractivity contribution in [1.82, 2.24) is 4.90 Å². The molecule has 0 atom stereocenters. The molecule has 7 heteroatoms. The van der Waals surface area contributed by atoms with Crippen LogP contribution in [0.25, 0.3) is 0 Å². The van der Waals surface area contributed by atoms with Gasteiger partial charge in [-0.2, -0.15) is 0 Å². The number of hydrogen-bond donors (Lipinski definition) is 0. The van der Waals surface area contributed by atoms with E-state index in [-0.39, 0.29) is 56.9 Å². The Labute approximate surface area is 148 Å². The van der Waals surface area contributed by atoms with Gasteiger partial charge in [0.25, 0.3) is 0 Å². The number of likely N-dealkylation sites (N-methyl/N-ethyl adjacent to an activating group) is 1. The van der Waals surface area contributed by atoms with Crippen LogP contribution >= 0.6 is 0 Å². The fourth-order valence-corrected chi connectivity index (χ4v) is 1.45. The van der Waals surface area contributed by atoms with Crippen LogP contribution in [0.4, 0.5) is 12.9 Å². The number of ether oxygens (including phenoxy) is 1. The van der Waals surface area contributed by atoms with Gasteiger partial charge in [0.05, 0.1) is 0 Å². The summed E-state index contributed by atoms with van der Waals surface area (Å²) in [6.45, 7) is -2.30. The monoisotopic (exact) mass is 285 g/mol. The van der Waals surface area contributed by atoms with Gasteiger partial charge in [0.1, 0.15) is 12.4 Å². The van der Waals surface area contributed by atoms with Gasteiger partial charge < -0.3 is 22.6 Å². The summed E-state index contributed by atoms with van der Waals surface area (Å²) in [4.78, 5) is 1.94. The van der Waals surface area contributed by atoms with Crippen molar-refractivity contribution in [2.45, 2.75) is 6.92 Å². The molecule has 96 valence electrons. The average Bonchev–Trinajstić information content (AvgIpc) is 2.14. The van der Waals surface area contributed by atoms with Gasteiger partial charge in [0.2, 0.25) is 0 Å². The van der Waals surface area contributed by atoms with Gasteiger partial charge in [-0.1, -0.05) is 11.6 Å². The third-order valence-corrected chi connectivity index (χ3v) is 2.40. The van der Waals surface area contributed by atoms with E-state index in [4.69, 9.17) is 4.74 Å². The van der Waals surface area contributed by atoms with Crippen LogP contribution in [0.1, 0.15) is 5.56 Å². The summed E-state index contributed by atoms with van der Waals surface area (Å²) in [5.41, 5.74) is -0.343. The van der Waals surface area contributed by atoms with E-state index in [1.807, 2.05) is 19.0 Å². The van der Waals surface area contributed by atoms with Crippen LogP contribution in [0.3, 0.4) is 0 Å². The first-order valence-corrected chi connectivity index (χ1v) is 5.38. The fourth-order valence-electron chi connectivity index (χ4n) is 1.45. The average molecular weight is 285 g/mol. The van der Waals surface area contributed by atoms with E-state index in [0.717, 1.165) is 12.6 Å². The molecule has 0 fully saturated rings. The molecule has 1 aromatic rings. The summed E-state index contributed by atoms with van der Waals surface area (Å²) in [6.07, 6.45) is 0. The molecule has 18 heavy (non-hydrogen) atoms. The summed E-state index contributed by atoms with van der Waals surface area (Å²) in [7, 11) is 3.81. The molecule has 1 aromatic carbocycles. The van der Waals surface area contributed by atoms with E-state index in [2.05, 4.69) is 0 Å². The standard InChI is InChI=1S/C11H16BF3NO.K/c1-9-8-10(17-7-6-16(2)3)4-5-11(9)12(13,14)15;/h4-5,8H,6-7H2,1-3H3;/q-1;+1. The molecule has 0 saturated heterocycles. The number of nitrogens with zero attached hydrogens (tertiary/aromatic N) is 1. The molecule has 1 rings (SSSR count). The summed E-state index contributed by atoms with van der Waals surface area (Å²) < 4.78 is 43.0. The second-order valence-electron chi connectivity index (χ2n) is 4.24. The number of benzene rings is 1. The zero-order valence-electron chi connectivity index (χ0n) is 11.2. The van der Waals surface area contributed by atoms with Gasteiger partial charge in [0.15, 0.2) is 0 Å². The Hall–Kier alpha value is 0.471. The van der Waals surface area contributed by atoms with Crippen molar-refractivity contribution in [2.75, 3.05) is 27.2 Å². The van der Waals surface area contributed by atoms with Crippen molar-refractivity contribution in [2.24, 2.45) is 0 Å². The molecule has 0 radical (unpaired) electrons. The molecule has 0 heterocycles. The van der Waals surface area contributed by atoms with Crippen LogP contribution in [-0.4, -0.2) is 39.1 Å². The van der Waals surface area contributed by atoms with E-state index in [1.165, 1.54) is 19.1 Å². The minimum absolute atomic E-state index is 0. The third-order valence-electron chi connectivity index (χ3n) is 2.40. The number of hydrogen-bond acceptors (Lipinski definition) is 2. The molecule has 0 spiro atoms. The van der Waals surface area contributed by atoms with Crippen molar-refractivity contribution in [3.63, 3.8) is 0 Å². The third kappa shape index (κ3) is 6.08. The zero-order chi connectivity index (χ0) is 13.1. The van der Waals surface area contributed by atoms with Crippen LogP contribution in [-0.2, 0) is 0 Å². The second kappa shape index (κ2) is 7.92. The normalized spacial score (nSPS) is 11.3. The van der Waals surface area contributed by atoms with Gasteiger partial charge in [-0.15, -0.1) is 5.46 Å². The molecule has 0 saturated carbocycles. The molecular weight excluding hydrogens is 269 g/mol. The van der Waals surface area contributed by atoms with Crippen LogP contribution in [0.2, 0.25) is 0 Å². The van der Waals surface area contributed by atoms with Crippen LogP contribution in [0.5, 0.6) is 5.75 Å². The van der Waals surface area contributed by atoms with Gasteiger partial charge >= 0.3 is 58.4 Å². The van der Waals surface area contributed by atoms with E-state index in [0.29, 0.717) is 12.4 Å². The molecule has 2 nitrogen and oxygen atoms in total.